The zero-order valence-corrected chi connectivity index (χ0v) is 26.7. The molecule has 0 unspecified atom stereocenters. The Balaban J connectivity index is 1.40. The number of benzene rings is 1. The third-order valence-corrected chi connectivity index (χ3v) is 12.1. The largest absolute Gasteiger partial charge is 0.458 e. The van der Waals surface area contributed by atoms with Gasteiger partial charge < -0.3 is 24.3 Å². The van der Waals surface area contributed by atoms with Crippen LogP contribution in [0.2, 0.25) is 0 Å². The van der Waals surface area contributed by atoms with Gasteiger partial charge >= 0.3 is 5.97 Å². The number of fused-ring (bicyclic) bond motifs is 9. The Morgan fingerprint density at radius 3 is 2.58 bits per heavy atom. The van der Waals surface area contributed by atoms with E-state index in [9.17, 15) is 14.7 Å². The molecule has 2 N–H and O–H groups in total. The smallest absolute Gasteiger partial charge is 0.323 e. The standard InChI is InChI=1S/C35H46N2O6/c1-19(2)15-24(37(7)8)30(39)41-27-17-20-16-22-21-11-9-10-12-23(21)36-28(22)33(20,6)32(5)13-14-34-26(35(27,32)40)18-25(38)29(42-34)31(3,4)43-34/h9-12,18-20,24,27,29,36,40H,13-17H2,1-8H3/t20-,24+,27+,29+,32-,33-,34+,35+/m1/s1. The summed E-state index contributed by atoms with van der Waals surface area (Å²) in [5.74, 6) is -1.41. The lowest BCUT2D eigenvalue weighted by Gasteiger charge is -2.67. The van der Waals surface area contributed by atoms with Crippen LogP contribution in [0.4, 0.5) is 0 Å². The van der Waals surface area contributed by atoms with Crippen molar-refractivity contribution >= 4 is 22.7 Å². The van der Waals surface area contributed by atoms with Gasteiger partial charge in [0.25, 0.3) is 0 Å². The van der Waals surface area contributed by atoms with Crippen LogP contribution in [0.3, 0.4) is 0 Å². The number of para-hydroxylation sites is 1. The van der Waals surface area contributed by atoms with Gasteiger partial charge in [-0.15, -0.1) is 0 Å². The molecule has 3 heterocycles. The fourth-order valence-corrected chi connectivity index (χ4v) is 9.71. The first-order valence-corrected chi connectivity index (χ1v) is 15.9. The van der Waals surface area contributed by atoms with Gasteiger partial charge in [0.15, 0.2) is 17.7 Å². The Kier molecular flexibility index (Phi) is 6.13. The molecule has 2 aliphatic heterocycles. The molecule has 1 spiro atoms. The molecule has 43 heavy (non-hydrogen) atoms. The van der Waals surface area contributed by atoms with Crippen molar-refractivity contribution < 1.29 is 28.9 Å². The van der Waals surface area contributed by atoms with Crippen molar-refractivity contribution in [2.75, 3.05) is 14.1 Å². The molecule has 2 bridgehead atoms. The van der Waals surface area contributed by atoms with Crippen molar-refractivity contribution in [3.8, 4) is 0 Å². The molecular weight excluding hydrogens is 544 g/mol. The minimum absolute atomic E-state index is 0.118. The molecule has 2 saturated carbocycles. The number of nitrogens with one attached hydrogen (secondary N) is 1. The number of hydrogen-bond donors (Lipinski definition) is 2. The summed E-state index contributed by atoms with van der Waals surface area (Å²) in [5, 5.41) is 14.7. The molecule has 3 fully saturated rings. The molecule has 1 aromatic heterocycles. The van der Waals surface area contributed by atoms with E-state index >= 15 is 0 Å². The number of nitrogens with zero attached hydrogens (tertiary/aromatic N) is 1. The second kappa shape index (κ2) is 9.03. The van der Waals surface area contributed by atoms with Crippen LogP contribution in [0.1, 0.15) is 78.5 Å². The molecule has 3 aliphatic carbocycles. The van der Waals surface area contributed by atoms with Crippen LogP contribution >= 0.6 is 0 Å². The van der Waals surface area contributed by atoms with E-state index in [1.165, 1.54) is 10.9 Å². The molecule has 2 aromatic rings. The van der Waals surface area contributed by atoms with Gasteiger partial charge in [-0.25, -0.2) is 0 Å². The number of esters is 1. The van der Waals surface area contributed by atoms with Gasteiger partial charge in [0.05, 0.1) is 0 Å². The lowest BCUT2D eigenvalue weighted by Crippen LogP contribution is -2.75. The Morgan fingerprint density at radius 1 is 1.16 bits per heavy atom. The third kappa shape index (κ3) is 3.58. The quantitative estimate of drug-likeness (QED) is 0.482. The molecule has 8 atom stereocenters. The zero-order valence-electron chi connectivity index (χ0n) is 26.7. The highest BCUT2D eigenvalue weighted by molar-refractivity contribution is 5.97. The Bertz CT molecular complexity index is 1560. The summed E-state index contributed by atoms with van der Waals surface area (Å²) in [5.41, 5.74) is 0.0469. The van der Waals surface area contributed by atoms with E-state index in [4.69, 9.17) is 14.2 Å². The number of hydrogen-bond acceptors (Lipinski definition) is 7. The van der Waals surface area contributed by atoms with Crippen LogP contribution in [0, 0.1) is 17.3 Å². The molecule has 5 aliphatic rings. The summed E-state index contributed by atoms with van der Waals surface area (Å²) < 4.78 is 19.6. The third-order valence-electron chi connectivity index (χ3n) is 12.1. The summed E-state index contributed by atoms with van der Waals surface area (Å²) >= 11 is 0. The average molecular weight is 591 g/mol. The molecule has 1 aromatic carbocycles. The maximum Gasteiger partial charge on any atom is 0.323 e. The number of aliphatic hydroxyl groups is 1. The first kappa shape index (κ1) is 29.2. The van der Waals surface area contributed by atoms with E-state index in [-0.39, 0.29) is 23.6 Å². The highest BCUT2D eigenvalue weighted by atomic mass is 16.8. The Morgan fingerprint density at radius 2 is 1.88 bits per heavy atom. The van der Waals surface area contributed by atoms with Gasteiger partial charge in [-0.2, -0.15) is 0 Å². The number of ketones is 1. The molecule has 8 nitrogen and oxygen atoms in total. The summed E-state index contributed by atoms with van der Waals surface area (Å²) in [4.78, 5) is 33.2. The second-order valence-electron chi connectivity index (χ2n) is 15.4. The number of rotatable bonds is 5. The topological polar surface area (TPSA) is 101 Å². The van der Waals surface area contributed by atoms with Crippen LogP contribution in [0.5, 0.6) is 0 Å². The lowest BCUT2D eigenvalue weighted by molar-refractivity contribution is -0.278. The SMILES string of the molecule is CC(C)C[C@@H](C(=O)O[C@H]1C[C@H]2Cc3c([nH]c4ccccc34)[C@]2(C)[C@@]2(C)CC[C@@]34O[C@@H](C(=O)C=C3[C@]12O)C(C)(C)O4)N(C)C. The molecule has 8 heteroatoms. The monoisotopic (exact) mass is 590 g/mol. The molecular formula is C35H46N2O6. The molecule has 232 valence electrons. The minimum Gasteiger partial charge on any atom is -0.458 e. The predicted molar refractivity (Wildman–Crippen MR) is 162 cm³/mol. The van der Waals surface area contributed by atoms with Gasteiger partial charge in [0, 0.05) is 39.4 Å². The van der Waals surface area contributed by atoms with Gasteiger partial charge in [0.2, 0.25) is 0 Å². The average Bonchev–Trinajstić information content (AvgIpc) is 3.52. The first-order valence-electron chi connectivity index (χ1n) is 15.9. The Labute approximate surface area is 254 Å². The van der Waals surface area contributed by atoms with Crippen LogP contribution in [-0.4, -0.2) is 76.1 Å². The normalized spacial score (nSPS) is 39.7. The van der Waals surface area contributed by atoms with E-state index < -0.39 is 46.1 Å². The minimum atomic E-state index is -1.71. The van der Waals surface area contributed by atoms with Crippen LogP contribution < -0.4 is 0 Å². The fraction of sp³-hybridized carbons (Fsp3) is 0.657. The van der Waals surface area contributed by atoms with E-state index in [1.807, 2.05) is 38.9 Å². The second-order valence-corrected chi connectivity index (χ2v) is 15.4. The van der Waals surface area contributed by atoms with Crippen molar-refractivity contribution in [3.63, 3.8) is 0 Å². The predicted octanol–water partition coefficient (Wildman–Crippen LogP) is 4.82. The zero-order chi connectivity index (χ0) is 30.9. The first-order chi connectivity index (χ1) is 20.1. The fourth-order valence-electron chi connectivity index (χ4n) is 9.71. The summed E-state index contributed by atoms with van der Waals surface area (Å²) in [6.07, 6.45) is 2.94. The molecule has 0 radical (unpaired) electrons. The van der Waals surface area contributed by atoms with Crippen LogP contribution in [0.25, 0.3) is 10.9 Å². The van der Waals surface area contributed by atoms with Crippen molar-refractivity contribution in [1.29, 1.82) is 0 Å². The Hall–Kier alpha value is -2.52. The number of likely N-dealkylation sites (N-methyl/N-ethyl adjacent to an activating group) is 1. The van der Waals surface area contributed by atoms with Gasteiger partial charge in [-0.3, -0.25) is 14.5 Å². The van der Waals surface area contributed by atoms with Gasteiger partial charge in [-0.1, -0.05) is 45.9 Å². The van der Waals surface area contributed by atoms with E-state index in [1.54, 1.807) is 6.08 Å². The van der Waals surface area contributed by atoms with Crippen molar-refractivity contribution in [2.45, 2.75) is 114 Å². The molecule has 7 rings (SSSR count). The number of carbonyl (C=O) groups excluding carboxylic acids is 2. The van der Waals surface area contributed by atoms with Crippen molar-refractivity contribution in [2.24, 2.45) is 17.3 Å². The number of aromatic nitrogens is 1. The van der Waals surface area contributed by atoms with Gasteiger partial charge in [0.1, 0.15) is 23.3 Å². The summed E-state index contributed by atoms with van der Waals surface area (Å²) in [7, 11) is 3.78. The molecule has 1 saturated heterocycles. The number of ether oxygens (including phenoxy) is 3. The van der Waals surface area contributed by atoms with Crippen LogP contribution in [0.15, 0.2) is 35.9 Å². The van der Waals surface area contributed by atoms with E-state index in [0.29, 0.717) is 31.3 Å². The van der Waals surface area contributed by atoms with E-state index in [2.05, 4.69) is 50.9 Å². The highest BCUT2D eigenvalue weighted by Gasteiger charge is 2.78. The summed E-state index contributed by atoms with van der Waals surface area (Å²) in [6.45, 7) is 12.3. The maximum atomic E-state index is 14.0. The molecule has 0 amide bonds. The van der Waals surface area contributed by atoms with Crippen LogP contribution in [-0.2, 0) is 35.6 Å². The van der Waals surface area contributed by atoms with Gasteiger partial charge in [-0.05, 0) is 83.2 Å². The number of carbonyl (C=O) groups is 2. The number of aromatic amines is 1. The number of H-pyrrole nitrogens is 1. The highest BCUT2D eigenvalue weighted by Crippen LogP contribution is 2.72. The van der Waals surface area contributed by atoms with Crippen molar-refractivity contribution in [3.05, 3.63) is 47.2 Å². The van der Waals surface area contributed by atoms with Crippen molar-refractivity contribution in [1.82, 2.24) is 9.88 Å². The van der Waals surface area contributed by atoms with E-state index in [0.717, 1.165) is 17.6 Å². The lowest BCUT2D eigenvalue weighted by atomic mass is 9.41. The maximum absolute atomic E-state index is 14.0. The summed E-state index contributed by atoms with van der Waals surface area (Å²) in [6, 6.07) is 7.91.